The minimum Gasteiger partial charge on any atom is -0.472 e. The molecule has 3 aromatic rings. The van der Waals surface area contributed by atoms with Gasteiger partial charge in [-0.25, -0.2) is 8.42 Å². The number of sulfone groups is 1. The maximum atomic E-state index is 13.1. The fraction of sp³-hybridized carbons (Fsp3) is 0.381. The Bertz CT molecular complexity index is 1120. The average molecular weight is 398 g/mol. The van der Waals surface area contributed by atoms with E-state index >= 15 is 0 Å². The molecule has 0 N–H and O–H groups in total. The van der Waals surface area contributed by atoms with Gasteiger partial charge in [0.2, 0.25) is 0 Å². The molecule has 5 rings (SSSR count). The molecule has 2 aliphatic heterocycles. The van der Waals surface area contributed by atoms with E-state index in [0.29, 0.717) is 17.5 Å². The standard InChI is InChI=1S/C21H23N3O3S/c1-14(2)24-10-15(8-22-24)9-23-11-19-18-7-16(17-5-6-27-13-17)3-4-20(18)28(25,26)21(19)12-23/h3-8,10,13-14,19,21H,9,11-12H2,1-2H3/t19-,21-/m0/s1. The monoisotopic (exact) mass is 397 g/mol. The first-order chi connectivity index (χ1) is 13.4. The number of hydrogen-bond acceptors (Lipinski definition) is 5. The Morgan fingerprint density at radius 2 is 2.07 bits per heavy atom. The second-order valence-electron chi connectivity index (χ2n) is 8.07. The molecule has 28 heavy (non-hydrogen) atoms. The predicted octanol–water partition coefficient (Wildman–Crippen LogP) is 3.48. The van der Waals surface area contributed by atoms with Gasteiger partial charge in [0.05, 0.1) is 28.9 Å². The zero-order valence-corrected chi connectivity index (χ0v) is 16.8. The second-order valence-corrected chi connectivity index (χ2v) is 10.2. The zero-order chi connectivity index (χ0) is 19.5. The van der Waals surface area contributed by atoms with Crippen LogP contribution in [0.25, 0.3) is 11.1 Å². The van der Waals surface area contributed by atoms with Crippen molar-refractivity contribution in [2.45, 2.75) is 42.5 Å². The Labute approximate surface area is 164 Å². The Morgan fingerprint density at radius 1 is 1.21 bits per heavy atom. The molecule has 0 aliphatic carbocycles. The van der Waals surface area contributed by atoms with Gasteiger partial charge in [0.1, 0.15) is 0 Å². The summed E-state index contributed by atoms with van der Waals surface area (Å²) >= 11 is 0. The molecular weight excluding hydrogens is 374 g/mol. The highest BCUT2D eigenvalue weighted by Crippen LogP contribution is 2.46. The first kappa shape index (κ1) is 17.7. The van der Waals surface area contributed by atoms with Gasteiger partial charge in [0, 0.05) is 48.9 Å². The Balaban J connectivity index is 1.43. The highest BCUT2D eigenvalue weighted by atomic mass is 32.2. The van der Waals surface area contributed by atoms with Crippen molar-refractivity contribution in [1.82, 2.24) is 14.7 Å². The number of furan rings is 1. The van der Waals surface area contributed by atoms with E-state index in [2.05, 4.69) is 30.0 Å². The molecule has 0 bridgehead atoms. The van der Waals surface area contributed by atoms with Crippen molar-refractivity contribution in [3.8, 4) is 11.1 Å². The molecule has 0 amide bonds. The fourth-order valence-corrected chi connectivity index (χ4v) is 6.66. The maximum absolute atomic E-state index is 13.1. The summed E-state index contributed by atoms with van der Waals surface area (Å²) < 4.78 is 33.3. The van der Waals surface area contributed by atoms with E-state index < -0.39 is 9.84 Å². The van der Waals surface area contributed by atoms with Crippen LogP contribution in [0.1, 0.15) is 36.9 Å². The molecule has 0 saturated carbocycles. The maximum Gasteiger partial charge on any atom is 0.183 e. The van der Waals surface area contributed by atoms with Crippen LogP contribution >= 0.6 is 0 Å². The van der Waals surface area contributed by atoms with Crippen LogP contribution < -0.4 is 0 Å². The number of likely N-dealkylation sites (tertiary alicyclic amines) is 1. The Morgan fingerprint density at radius 3 is 2.79 bits per heavy atom. The number of aromatic nitrogens is 2. The molecule has 7 heteroatoms. The molecule has 1 saturated heterocycles. The summed E-state index contributed by atoms with van der Waals surface area (Å²) in [7, 11) is -3.29. The molecule has 0 radical (unpaired) electrons. The summed E-state index contributed by atoms with van der Waals surface area (Å²) in [5, 5.41) is 4.04. The van der Waals surface area contributed by atoms with Crippen molar-refractivity contribution in [2.75, 3.05) is 13.1 Å². The van der Waals surface area contributed by atoms with E-state index in [4.69, 9.17) is 4.42 Å². The highest BCUT2D eigenvalue weighted by Gasteiger charge is 2.50. The molecule has 6 nitrogen and oxygen atoms in total. The highest BCUT2D eigenvalue weighted by molar-refractivity contribution is 7.92. The quantitative estimate of drug-likeness (QED) is 0.674. The van der Waals surface area contributed by atoms with Crippen LogP contribution in [0, 0.1) is 0 Å². The van der Waals surface area contributed by atoms with Gasteiger partial charge in [0.15, 0.2) is 9.84 Å². The van der Waals surface area contributed by atoms with Gasteiger partial charge in [-0.2, -0.15) is 5.10 Å². The van der Waals surface area contributed by atoms with Gasteiger partial charge in [-0.3, -0.25) is 9.58 Å². The van der Waals surface area contributed by atoms with Crippen molar-refractivity contribution in [2.24, 2.45) is 0 Å². The van der Waals surface area contributed by atoms with E-state index in [-0.39, 0.29) is 11.2 Å². The molecule has 1 aromatic carbocycles. The lowest BCUT2D eigenvalue weighted by atomic mass is 9.95. The molecule has 2 aliphatic rings. The topological polar surface area (TPSA) is 68.3 Å². The number of nitrogens with zero attached hydrogens (tertiary/aromatic N) is 3. The smallest absolute Gasteiger partial charge is 0.183 e. The summed E-state index contributed by atoms with van der Waals surface area (Å²) in [5.41, 5.74) is 4.04. The van der Waals surface area contributed by atoms with Crippen molar-refractivity contribution in [1.29, 1.82) is 0 Å². The SMILES string of the molecule is CC(C)n1cc(CN2C[C@H]3c4cc(-c5ccoc5)ccc4S(=O)(=O)[C@H]3C2)cn1. The molecule has 4 heterocycles. The van der Waals surface area contributed by atoms with E-state index in [1.807, 2.05) is 29.1 Å². The van der Waals surface area contributed by atoms with Gasteiger partial charge in [0.25, 0.3) is 0 Å². The Hall–Kier alpha value is -2.38. The van der Waals surface area contributed by atoms with Crippen LogP contribution in [-0.2, 0) is 16.4 Å². The van der Waals surface area contributed by atoms with Gasteiger partial charge in [-0.1, -0.05) is 6.07 Å². The lowest BCUT2D eigenvalue weighted by Gasteiger charge is -2.16. The average Bonchev–Trinajstić information content (AvgIpc) is 3.43. The van der Waals surface area contributed by atoms with Gasteiger partial charge in [-0.05, 0) is 43.2 Å². The van der Waals surface area contributed by atoms with Crippen LogP contribution in [-0.4, -0.2) is 41.4 Å². The molecule has 2 atom stereocenters. The lowest BCUT2D eigenvalue weighted by Crippen LogP contribution is -2.25. The zero-order valence-electron chi connectivity index (χ0n) is 15.9. The van der Waals surface area contributed by atoms with Crippen LogP contribution in [0.15, 0.2) is 58.5 Å². The number of rotatable bonds is 4. The third-order valence-electron chi connectivity index (χ3n) is 5.90. The molecule has 0 spiro atoms. The largest absolute Gasteiger partial charge is 0.472 e. The van der Waals surface area contributed by atoms with Crippen LogP contribution in [0.3, 0.4) is 0 Å². The third-order valence-corrected chi connectivity index (χ3v) is 8.16. The lowest BCUT2D eigenvalue weighted by molar-refractivity contribution is 0.325. The van der Waals surface area contributed by atoms with Crippen molar-refractivity contribution in [3.05, 3.63) is 60.3 Å². The molecule has 0 unspecified atom stereocenters. The normalized spacial score (nSPS) is 23.2. The summed E-state index contributed by atoms with van der Waals surface area (Å²) in [6, 6.07) is 7.89. The summed E-state index contributed by atoms with van der Waals surface area (Å²) in [4.78, 5) is 2.74. The summed E-state index contributed by atoms with van der Waals surface area (Å²) in [5.74, 6) is 0.0204. The number of fused-ring (bicyclic) bond motifs is 3. The van der Waals surface area contributed by atoms with Crippen molar-refractivity contribution in [3.63, 3.8) is 0 Å². The minimum atomic E-state index is -3.29. The van der Waals surface area contributed by atoms with Gasteiger partial charge in [-0.15, -0.1) is 0 Å². The summed E-state index contributed by atoms with van der Waals surface area (Å²) in [6.45, 7) is 6.23. The van der Waals surface area contributed by atoms with Gasteiger partial charge >= 0.3 is 0 Å². The van der Waals surface area contributed by atoms with E-state index in [0.717, 1.165) is 35.3 Å². The first-order valence-corrected chi connectivity index (χ1v) is 11.1. The molecule has 146 valence electrons. The predicted molar refractivity (Wildman–Crippen MR) is 106 cm³/mol. The van der Waals surface area contributed by atoms with E-state index in [9.17, 15) is 8.42 Å². The molecule has 2 aromatic heterocycles. The van der Waals surface area contributed by atoms with Crippen LogP contribution in [0.5, 0.6) is 0 Å². The number of hydrogen-bond donors (Lipinski definition) is 0. The van der Waals surface area contributed by atoms with Crippen LogP contribution in [0.2, 0.25) is 0 Å². The van der Waals surface area contributed by atoms with Crippen molar-refractivity contribution >= 4 is 9.84 Å². The minimum absolute atomic E-state index is 0.0204. The fourth-order valence-electron chi connectivity index (χ4n) is 4.46. The van der Waals surface area contributed by atoms with E-state index in [1.54, 1.807) is 18.6 Å². The Kier molecular flexibility index (Phi) is 4.00. The van der Waals surface area contributed by atoms with E-state index in [1.165, 1.54) is 0 Å². The first-order valence-electron chi connectivity index (χ1n) is 9.59. The number of benzene rings is 1. The van der Waals surface area contributed by atoms with Crippen molar-refractivity contribution < 1.29 is 12.8 Å². The van der Waals surface area contributed by atoms with Gasteiger partial charge < -0.3 is 4.42 Å². The van der Waals surface area contributed by atoms with Crippen LogP contribution in [0.4, 0.5) is 0 Å². The summed E-state index contributed by atoms with van der Waals surface area (Å²) in [6.07, 6.45) is 7.26. The molecule has 1 fully saturated rings. The third kappa shape index (κ3) is 2.72. The molecular formula is C21H23N3O3S. The second kappa shape index (κ2) is 6.32.